The standard InChI is InChI=1S/C13H15FN2O/c14-10-6-8(1-2-13(15)3-4-13)5-9-7-11(17)16-12(9)10/h5-6H,1-4,7,15H2,(H,16,17). The topological polar surface area (TPSA) is 55.1 Å². The molecule has 3 N–H and O–H groups in total. The first-order chi connectivity index (χ1) is 8.06. The fraction of sp³-hybridized carbons (Fsp3) is 0.462. The molecular formula is C13H15FN2O. The highest BCUT2D eigenvalue weighted by Gasteiger charge is 2.37. The van der Waals surface area contributed by atoms with Gasteiger partial charge in [0.1, 0.15) is 5.82 Å². The first-order valence-electron chi connectivity index (χ1n) is 5.96. The fourth-order valence-electron chi connectivity index (χ4n) is 2.31. The summed E-state index contributed by atoms with van der Waals surface area (Å²) in [4.78, 5) is 11.2. The molecule has 1 aliphatic carbocycles. The van der Waals surface area contributed by atoms with Gasteiger partial charge in [0.05, 0.1) is 12.1 Å². The van der Waals surface area contributed by atoms with Crippen LogP contribution < -0.4 is 11.1 Å². The van der Waals surface area contributed by atoms with Gasteiger partial charge in [0.25, 0.3) is 0 Å². The van der Waals surface area contributed by atoms with Crippen LogP contribution in [0.1, 0.15) is 30.4 Å². The van der Waals surface area contributed by atoms with Gasteiger partial charge in [0.2, 0.25) is 5.91 Å². The minimum atomic E-state index is -0.329. The Morgan fingerprint density at radius 2 is 2.18 bits per heavy atom. The van der Waals surface area contributed by atoms with Crippen molar-refractivity contribution < 1.29 is 9.18 Å². The molecule has 0 bridgehead atoms. The van der Waals surface area contributed by atoms with Crippen LogP contribution in [0.2, 0.25) is 0 Å². The van der Waals surface area contributed by atoms with Crippen molar-refractivity contribution in [3.8, 4) is 0 Å². The SMILES string of the molecule is NC1(CCc2cc(F)c3c(c2)CC(=O)N3)CC1. The molecule has 1 amide bonds. The van der Waals surface area contributed by atoms with Crippen LogP contribution in [0.5, 0.6) is 0 Å². The second-order valence-corrected chi connectivity index (χ2v) is 5.20. The van der Waals surface area contributed by atoms with E-state index in [1.54, 1.807) is 0 Å². The number of benzene rings is 1. The quantitative estimate of drug-likeness (QED) is 0.837. The van der Waals surface area contributed by atoms with E-state index >= 15 is 0 Å². The molecule has 90 valence electrons. The summed E-state index contributed by atoms with van der Waals surface area (Å²) >= 11 is 0. The number of halogens is 1. The van der Waals surface area contributed by atoms with Crippen LogP contribution in [0.4, 0.5) is 10.1 Å². The molecule has 3 nitrogen and oxygen atoms in total. The summed E-state index contributed by atoms with van der Waals surface area (Å²) in [6.07, 6.45) is 4.11. The molecule has 3 rings (SSSR count). The molecule has 4 heteroatoms. The van der Waals surface area contributed by atoms with Crippen LogP contribution in [-0.4, -0.2) is 11.4 Å². The monoisotopic (exact) mass is 234 g/mol. The molecule has 0 spiro atoms. The van der Waals surface area contributed by atoms with Crippen LogP contribution in [0, 0.1) is 5.82 Å². The maximum atomic E-state index is 13.7. The van der Waals surface area contributed by atoms with Crippen molar-refractivity contribution in [1.82, 2.24) is 0 Å². The third kappa shape index (κ3) is 2.05. The molecule has 0 saturated heterocycles. The highest BCUT2D eigenvalue weighted by Crippen LogP contribution is 2.37. The number of anilines is 1. The third-order valence-corrected chi connectivity index (χ3v) is 3.65. The number of nitrogens with two attached hydrogens (primary N) is 1. The Morgan fingerprint density at radius 3 is 2.88 bits per heavy atom. The molecule has 0 radical (unpaired) electrons. The van der Waals surface area contributed by atoms with E-state index in [2.05, 4.69) is 5.32 Å². The van der Waals surface area contributed by atoms with Crippen LogP contribution in [0.15, 0.2) is 12.1 Å². The summed E-state index contributed by atoms with van der Waals surface area (Å²) in [5.41, 5.74) is 8.06. The summed E-state index contributed by atoms with van der Waals surface area (Å²) in [7, 11) is 0. The van der Waals surface area contributed by atoms with Crippen LogP contribution in [0.3, 0.4) is 0 Å². The zero-order chi connectivity index (χ0) is 12.0. The van der Waals surface area contributed by atoms with Gasteiger partial charge in [0.15, 0.2) is 0 Å². The lowest BCUT2D eigenvalue weighted by Crippen LogP contribution is -2.22. The van der Waals surface area contributed by atoms with Gasteiger partial charge in [-0.2, -0.15) is 0 Å². The molecule has 1 aliphatic heterocycles. The third-order valence-electron chi connectivity index (χ3n) is 3.65. The molecule has 0 aromatic heterocycles. The molecule has 1 heterocycles. The van der Waals surface area contributed by atoms with Crippen molar-refractivity contribution in [1.29, 1.82) is 0 Å². The van der Waals surface area contributed by atoms with Crippen molar-refractivity contribution in [3.63, 3.8) is 0 Å². The second kappa shape index (κ2) is 3.53. The lowest BCUT2D eigenvalue weighted by molar-refractivity contribution is -0.115. The average molecular weight is 234 g/mol. The lowest BCUT2D eigenvalue weighted by atomic mass is 10.0. The van der Waals surface area contributed by atoms with E-state index in [1.807, 2.05) is 6.07 Å². The van der Waals surface area contributed by atoms with Crippen molar-refractivity contribution in [2.45, 2.75) is 37.6 Å². The smallest absolute Gasteiger partial charge is 0.228 e. The molecular weight excluding hydrogens is 219 g/mol. The molecule has 0 atom stereocenters. The largest absolute Gasteiger partial charge is 0.325 e. The van der Waals surface area contributed by atoms with Crippen molar-refractivity contribution in [2.75, 3.05) is 5.32 Å². The Labute approximate surface area is 99.2 Å². The number of amides is 1. The van der Waals surface area contributed by atoms with Crippen LogP contribution in [-0.2, 0) is 17.6 Å². The van der Waals surface area contributed by atoms with E-state index in [1.165, 1.54) is 6.07 Å². The van der Waals surface area contributed by atoms with E-state index in [4.69, 9.17) is 5.73 Å². The van der Waals surface area contributed by atoms with Gasteiger partial charge < -0.3 is 11.1 Å². The molecule has 1 fully saturated rings. The zero-order valence-corrected chi connectivity index (χ0v) is 9.55. The number of rotatable bonds is 3. The average Bonchev–Trinajstić information content (AvgIpc) is 2.87. The summed E-state index contributed by atoms with van der Waals surface area (Å²) in [5, 5.41) is 2.54. The fourth-order valence-corrected chi connectivity index (χ4v) is 2.31. The first kappa shape index (κ1) is 10.7. The first-order valence-corrected chi connectivity index (χ1v) is 5.96. The predicted molar refractivity (Wildman–Crippen MR) is 63.2 cm³/mol. The summed E-state index contributed by atoms with van der Waals surface area (Å²) < 4.78 is 13.7. The van der Waals surface area contributed by atoms with Gasteiger partial charge in [-0.1, -0.05) is 6.07 Å². The Hall–Kier alpha value is -1.42. The summed E-state index contributed by atoms with van der Waals surface area (Å²) in [6.45, 7) is 0. The minimum absolute atomic E-state index is 0.0104. The molecule has 2 aliphatic rings. The van der Waals surface area contributed by atoms with Crippen LogP contribution in [0.25, 0.3) is 0 Å². The number of hydrogen-bond acceptors (Lipinski definition) is 2. The predicted octanol–water partition coefficient (Wildman–Crippen LogP) is 1.74. The van der Waals surface area contributed by atoms with E-state index in [0.29, 0.717) is 5.69 Å². The van der Waals surface area contributed by atoms with E-state index in [-0.39, 0.29) is 23.7 Å². The van der Waals surface area contributed by atoms with Gasteiger partial charge in [-0.15, -0.1) is 0 Å². The normalized spacial score (nSPS) is 20.0. The van der Waals surface area contributed by atoms with Crippen molar-refractivity contribution in [3.05, 3.63) is 29.1 Å². The summed E-state index contributed by atoms with van der Waals surface area (Å²) in [6, 6.07) is 3.43. The number of carbonyl (C=O) groups excluding carboxylic acids is 1. The van der Waals surface area contributed by atoms with E-state index in [0.717, 1.165) is 36.8 Å². The highest BCUT2D eigenvalue weighted by molar-refractivity contribution is 5.99. The van der Waals surface area contributed by atoms with Gasteiger partial charge in [-0.3, -0.25) is 4.79 Å². The summed E-state index contributed by atoms with van der Waals surface area (Å²) in [5.74, 6) is -0.459. The maximum Gasteiger partial charge on any atom is 0.228 e. The highest BCUT2D eigenvalue weighted by atomic mass is 19.1. The Bertz CT molecular complexity index is 494. The molecule has 17 heavy (non-hydrogen) atoms. The minimum Gasteiger partial charge on any atom is -0.325 e. The molecule has 1 saturated carbocycles. The Kier molecular flexibility index (Phi) is 2.23. The lowest BCUT2D eigenvalue weighted by Gasteiger charge is -2.09. The number of nitrogens with one attached hydrogen (secondary N) is 1. The number of fused-ring (bicyclic) bond motifs is 1. The van der Waals surface area contributed by atoms with Crippen molar-refractivity contribution in [2.24, 2.45) is 5.73 Å². The van der Waals surface area contributed by atoms with Gasteiger partial charge >= 0.3 is 0 Å². The van der Waals surface area contributed by atoms with E-state index in [9.17, 15) is 9.18 Å². The molecule has 1 aromatic carbocycles. The molecule has 0 unspecified atom stereocenters. The number of aryl methyl sites for hydroxylation is 1. The number of hydrogen-bond donors (Lipinski definition) is 2. The Morgan fingerprint density at radius 1 is 1.41 bits per heavy atom. The zero-order valence-electron chi connectivity index (χ0n) is 9.55. The molecule has 1 aromatic rings. The van der Waals surface area contributed by atoms with Crippen molar-refractivity contribution >= 4 is 11.6 Å². The van der Waals surface area contributed by atoms with Gasteiger partial charge in [0, 0.05) is 5.54 Å². The van der Waals surface area contributed by atoms with E-state index < -0.39 is 0 Å². The second-order valence-electron chi connectivity index (χ2n) is 5.20. The Balaban J connectivity index is 1.80. The van der Waals surface area contributed by atoms with Gasteiger partial charge in [-0.05, 0) is 42.9 Å². The van der Waals surface area contributed by atoms with Crippen LogP contribution >= 0.6 is 0 Å². The number of carbonyl (C=O) groups is 1. The van der Waals surface area contributed by atoms with Gasteiger partial charge in [-0.25, -0.2) is 4.39 Å². The maximum absolute atomic E-state index is 13.7.